The first-order valence-corrected chi connectivity index (χ1v) is 6.58. The van der Waals surface area contributed by atoms with Gasteiger partial charge in [-0.25, -0.2) is 0 Å². The number of rotatable bonds is 4. The van der Waals surface area contributed by atoms with Gasteiger partial charge in [-0.3, -0.25) is 4.79 Å². The highest BCUT2D eigenvalue weighted by Gasteiger charge is 2.29. The number of benzene rings is 1. The van der Waals surface area contributed by atoms with Crippen LogP contribution in [0.5, 0.6) is 5.75 Å². The molecule has 0 N–H and O–H groups in total. The van der Waals surface area contributed by atoms with Crippen molar-refractivity contribution in [3.63, 3.8) is 0 Å². The van der Waals surface area contributed by atoms with Crippen LogP contribution in [0, 0.1) is 0 Å². The highest BCUT2D eigenvalue weighted by molar-refractivity contribution is 9.28. The molecule has 0 aromatic heterocycles. The van der Waals surface area contributed by atoms with E-state index < -0.39 is 2.57 Å². The molecule has 1 aromatic carbocycles. The van der Waals surface area contributed by atoms with Crippen molar-refractivity contribution in [1.29, 1.82) is 0 Å². The van der Waals surface area contributed by atoms with E-state index in [0.717, 1.165) is 10.6 Å². The SMILES string of the molecule is COc1ccc(S[13C](Br)(Br)[13C](C)=O)cc1. The number of thioether (sulfide) groups is 1. The predicted octanol–water partition coefficient (Wildman–Crippen LogP) is 3.82. The van der Waals surface area contributed by atoms with Gasteiger partial charge in [0.2, 0.25) is 0 Å². The molecule has 0 heterocycles. The van der Waals surface area contributed by atoms with Gasteiger partial charge in [0.25, 0.3) is 0 Å². The van der Waals surface area contributed by atoms with Crippen molar-refractivity contribution in [1.82, 2.24) is 0 Å². The van der Waals surface area contributed by atoms with Gasteiger partial charge in [0.15, 0.2) is 8.35 Å². The predicted molar refractivity (Wildman–Crippen MR) is 70.1 cm³/mol. The van der Waals surface area contributed by atoms with Crippen molar-refractivity contribution in [2.24, 2.45) is 0 Å². The van der Waals surface area contributed by atoms with Crippen LogP contribution in [-0.4, -0.2) is 15.5 Å². The van der Waals surface area contributed by atoms with Crippen LogP contribution in [0.2, 0.25) is 0 Å². The van der Waals surface area contributed by atoms with Crippen LogP contribution in [0.3, 0.4) is 0 Å². The topological polar surface area (TPSA) is 26.3 Å². The monoisotopic (exact) mass is 354 g/mol. The Bertz CT molecular complexity index is 349. The summed E-state index contributed by atoms with van der Waals surface area (Å²) < 4.78 is 4.31. The van der Waals surface area contributed by atoms with Crippen LogP contribution in [-0.2, 0) is 4.79 Å². The molecule has 0 unspecified atom stereocenters. The van der Waals surface area contributed by atoms with Crippen LogP contribution < -0.4 is 4.74 Å². The Hall–Kier alpha value is -0.000000000000000167. The molecule has 0 atom stereocenters. The van der Waals surface area contributed by atoms with Crippen molar-refractivity contribution >= 4 is 49.4 Å². The second-order valence-corrected chi connectivity index (χ2v) is 8.63. The maximum Gasteiger partial charge on any atom is 0.187 e. The third-order valence-corrected chi connectivity index (χ3v) is 4.85. The van der Waals surface area contributed by atoms with Crippen molar-refractivity contribution in [2.45, 2.75) is 14.4 Å². The van der Waals surface area contributed by atoms with Gasteiger partial charge in [-0.15, -0.1) is 0 Å². The van der Waals surface area contributed by atoms with E-state index in [0.29, 0.717) is 0 Å². The molecular weight excluding hydrogens is 346 g/mol. The van der Waals surface area contributed by atoms with Crippen molar-refractivity contribution in [3.05, 3.63) is 24.3 Å². The Balaban J connectivity index is 2.77. The molecule has 0 bridgehead atoms. The number of halogens is 2. The van der Waals surface area contributed by atoms with Gasteiger partial charge in [-0.05, 0) is 31.2 Å². The Morgan fingerprint density at radius 2 is 1.87 bits per heavy atom. The summed E-state index contributed by atoms with van der Waals surface area (Å²) in [5, 5.41) is 0. The quantitative estimate of drug-likeness (QED) is 0.466. The fourth-order valence-electron chi connectivity index (χ4n) is 0.864. The largest absolute Gasteiger partial charge is 0.497 e. The molecule has 5 heteroatoms. The zero-order valence-corrected chi connectivity index (χ0v) is 12.3. The van der Waals surface area contributed by atoms with Gasteiger partial charge >= 0.3 is 0 Å². The van der Waals surface area contributed by atoms with E-state index >= 15 is 0 Å². The van der Waals surface area contributed by atoms with E-state index in [9.17, 15) is 4.79 Å². The average Bonchev–Trinajstić information content (AvgIpc) is 2.18. The molecule has 82 valence electrons. The Morgan fingerprint density at radius 1 is 1.33 bits per heavy atom. The van der Waals surface area contributed by atoms with E-state index in [1.54, 1.807) is 7.11 Å². The van der Waals surface area contributed by atoms with Crippen LogP contribution in [0.15, 0.2) is 29.2 Å². The van der Waals surface area contributed by atoms with E-state index in [1.807, 2.05) is 24.3 Å². The number of hydrogen-bond donors (Lipinski definition) is 0. The molecule has 0 saturated carbocycles. The van der Waals surface area contributed by atoms with Crippen molar-refractivity contribution in [2.75, 3.05) is 7.11 Å². The Morgan fingerprint density at radius 3 is 2.27 bits per heavy atom. The molecule has 1 rings (SSSR count). The van der Waals surface area contributed by atoms with E-state index in [1.165, 1.54) is 18.7 Å². The minimum Gasteiger partial charge on any atom is -0.497 e. The lowest BCUT2D eigenvalue weighted by Gasteiger charge is -2.16. The van der Waals surface area contributed by atoms with Crippen LogP contribution in [0.25, 0.3) is 0 Å². The lowest BCUT2D eigenvalue weighted by molar-refractivity contribution is -0.115. The summed E-state index contributed by atoms with van der Waals surface area (Å²) in [6.07, 6.45) is 0. The van der Waals surface area contributed by atoms with Gasteiger partial charge in [0.1, 0.15) is 5.75 Å². The minimum atomic E-state index is -0.741. The van der Waals surface area contributed by atoms with E-state index in [-0.39, 0.29) is 5.78 Å². The second-order valence-electron chi connectivity index (χ2n) is 2.85. The summed E-state index contributed by atoms with van der Waals surface area (Å²) in [6.45, 7) is 1.53. The van der Waals surface area contributed by atoms with Crippen molar-refractivity contribution < 1.29 is 9.53 Å². The van der Waals surface area contributed by atoms with Gasteiger partial charge in [0, 0.05) is 4.90 Å². The van der Waals surface area contributed by atoms with E-state index in [4.69, 9.17) is 4.74 Å². The Kier molecular flexibility index (Phi) is 4.67. The highest BCUT2D eigenvalue weighted by Crippen LogP contribution is 2.44. The van der Waals surface area contributed by atoms with Crippen LogP contribution in [0.1, 0.15) is 6.92 Å². The first-order valence-electron chi connectivity index (χ1n) is 4.17. The number of Topliss-reactive ketones (excluding diaryl/α,β-unsaturated/α-hetero) is 1. The summed E-state index contributed by atoms with van der Waals surface area (Å²) in [4.78, 5) is 12.2. The maximum atomic E-state index is 11.3. The summed E-state index contributed by atoms with van der Waals surface area (Å²) in [6, 6.07) is 7.53. The molecule has 0 radical (unpaired) electrons. The maximum absolute atomic E-state index is 11.3. The molecule has 0 saturated heterocycles. The molecule has 15 heavy (non-hydrogen) atoms. The first-order chi connectivity index (χ1) is 6.95. The first kappa shape index (κ1) is 13.1. The van der Waals surface area contributed by atoms with Crippen molar-refractivity contribution in [3.8, 4) is 5.75 Å². The summed E-state index contributed by atoms with van der Waals surface area (Å²) in [7, 11) is 1.62. The lowest BCUT2D eigenvalue weighted by atomic mass is 10.3. The Labute approximate surface area is 110 Å². The standard InChI is InChI=1S/C10H10Br2O2S/c1-7(13)10(11,12)15-9-5-3-8(14-2)4-6-9/h3-6H,1-2H3/i7+1,10+1. The lowest BCUT2D eigenvalue weighted by Crippen LogP contribution is -2.16. The third kappa shape index (κ3) is 3.81. The normalized spacial score (nSPS) is 11.2. The second kappa shape index (κ2) is 5.37. The summed E-state index contributed by atoms with van der Waals surface area (Å²) in [5.41, 5.74) is 0. The number of ether oxygens (including phenoxy) is 1. The van der Waals surface area contributed by atoms with Gasteiger partial charge < -0.3 is 4.74 Å². The molecule has 1 aromatic rings. The minimum absolute atomic E-state index is 0.0170. The number of carbonyl (C=O) groups is 1. The molecular formula is C10H10Br2O2S. The average molecular weight is 356 g/mol. The van der Waals surface area contributed by atoms with Gasteiger partial charge in [-0.1, -0.05) is 43.6 Å². The fraction of sp³-hybridized carbons (Fsp3) is 0.300. The fourth-order valence-corrected chi connectivity index (χ4v) is 2.70. The van der Waals surface area contributed by atoms with Crippen LogP contribution in [0.4, 0.5) is 0 Å². The van der Waals surface area contributed by atoms with Gasteiger partial charge in [-0.2, -0.15) is 0 Å². The number of methoxy groups -OCH3 is 1. The molecule has 0 aliphatic carbocycles. The molecule has 0 aliphatic heterocycles. The summed E-state index contributed by atoms with van der Waals surface area (Å²) >= 11 is 8.04. The highest BCUT2D eigenvalue weighted by atomic mass is 79.9. The number of hydrogen-bond acceptors (Lipinski definition) is 3. The van der Waals surface area contributed by atoms with E-state index in [2.05, 4.69) is 31.9 Å². The molecule has 2 nitrogen and oxygen atoms in total. The third-order valence-electron chi connectivity index (χ3n) is 1.72. The molecule has 0 spiro atoms. The zero-order chi connectivity index (χ0) is 11.5. The molecule has 0 amide bonds. The zero-order valence-electron chi connectivity index (χ0n) is 8.29. The number of alkyl halides is 2. The van der Waals surface area contributed by atoms with Gasteiger partial charge in [0.05, 0.1) is 7.11 Å². The summed E-state index contributed by atoms with van der Waals surface area (Å²) in [5.74, 6) is 0.820. The smallest absolute Gasteiger partial charge is 0.187 e. The number of carbonyl (C=O) groups excluding carboxylic acids is 1. The molecule has 0 fully saturated rings. The number of ketones is 1. The van der Waals surface area contributed by atoms with Crippen LogP contribution >= 0.6 is 43.6 Å². The molecule has 0 aliphatic rings.